The van der Waals surface area contributed by atoms with Gasteiger partial charge in [0.2, 0.25) is 0 Å². The Morgan fingerprint density at radius 3 is 2.94 bits per heavy atom. The van der Waals surface area contributed by atoms with Crippen LogP contribution in [0.5, 0.6) is 5.75 Å². The van der Waals surface area contributed by atoms with Crippen LogP contribution in [0.1, 0.15) is 5.82 Å². The van der Waals surface area contributed by atoms with Crippen LogP contribution >= 0.6 is 0 Å². The molecule has 96 valence electrons. The Balaban J connectivity index is 2.36. The maximum absolute atomic E-state index is 9.59. The topological polar surface area (TPSA) is 86.2 Å². The Bertz CT molecular complexity index is 512. The number of ether oxygens (including phenoxy) is 1. The third kappa shape index (κ3) is 2.49. The minimum Gasteiger partial charge on any atom is -0.494 e. The summed E-state index contributed by atoms with van der Waals surface area (Å²) in [5.41, 5.74) is 6.19. The van der Waals surface area contributed by atoms with E-state index in [0.717, 1.165) is 5.69 Å². The first-order valence-electron chi connectivity index (χ1n) is 5.66. The Morgan fingerprint density at radius 1 is 1.44 bits per heavy atom. The van der Waals surface area contributed by atoms with Gasteiger partial charge >= 0.3 is 0 Å². The van der Waals surface area contributed by atoms with Gasteiger partial charge in [-0.05, 0) is 12.1 Å². The Labute approximate surface area is 105 Å². The predicted molar refractivity (Wildman–Crippen MR) is 66.7 cm³/mol. The van der Waals surface area contributed by atoms with Crippen molar-refractivity contribution in [1.29, 1.82) is 0 Å². The van der Waals surface area contributed by atoms with E-state index in [9.17, 15) is 5.11 Å². The number of hydrogen-bond donors (Lipinski definition) is 2. The average Bonchev–Trinajstić information content (AvgIpc) is 2.86. The first-order chi connectivity index (χ1) is 8.76. The van der Waals surface area contributed by atoms with Crippen LogP contribution in [-0.2, 0) is 6.42 Å². The molecule has 1 aromatic heterocycles. The van der Waals surface area contributed by atoms with E-state index in [1.165, 1.54) is 6.33 Å². The summed E-state index contributed by atoms with van der Waals surface area (Å²) in [6, 6.07) is 7.50. The number of para-hydroxylation sites is 2. The molecule has 0 aliphatic carbocycles. The second-order valence-electron chi connectivity index (χ2n) is 3.85. The fourth-order valence-corrected chi connectivity index (χ4v) is 1.70. The fourth-order valence-electron chi connectivity index (χ4n) is 1.70. The highest BCUT2D eigenvalue weighted by Crippen LogP contribution is 2.22. The zero-order chi connectivity index (χ0) is 13.0. The van der Waals surface area contributed by atoms with Gasteiger partial charge in [-0.15, -0.1) is 0 Å². The van der Waals surface area contributed by atoms with Gasteiger partial charge in [-0.3, -0.25) is 0 Å². The highest BCUT2D eigenvalue weighted by atomic mass is 16.5. The molecule has 3 N–H and O–H groups in total. The number of aromatic nitrogens is 3. The molecule has 1 atom stereocenters. The summed E-state index contributed by atoms with van der Waals surface area (Å²) < 4.78 is 6.93. The van der Waals surface area contributed by atoms with Crippen LogP contribution in [0, 0.1) is 0 Å². The fraction of sp³-hybridized carbons (Fsp3) is 0.333. The van der Waals surface area contributed by atoms with Crippen LogP contribution in [-0.4, -0.2) is 39.6 Å². The molecule has 6 heteroatoms. The van der Waals surface area contributed by atoms with Gasteiger partial charge in [0.1, 0.15) is 23.6 Å². The third-order valence-electron chi connectivity index (χ3n) is 2.62. The molecule has 18 heavy (non-hydrogen) atoms. The van der Waals surface area contributed by atoms with E-state index in [1.807, 2.05) is 24.3 Å². The number of methoxy groups -OCH3 is 1. The first-order valence-corrected chi connectivity index (χ1v) is 5.66. The molecule has 1 heterocycles. The van der Waals surface area contributed by atoms with Crippen molar-refractivity contribution >= 4 is 0 Å². The molecule has 0 bridgehead atoms. The van der Waals surface area contributed by atoms with Crippen LogP contribution < -0.4 is 10.5 Å². The van der Waals surface area contributed by atoms with Crippen molar-refractivity contribution < 1.29 is 9.84 Å². The molecule has 0 aliphatic rings. The maximum Gasteiger partial charge on any atom is 0.144 e. The highest BCUT2D eigenvalue weighted by molar-refractivity contribution is 5.46. The molecule has 2 rings (SSSR count). The van der Waals surface area contributed by atoms with Gasteiger partial charge in [0.25, 0.3) is 0 Å². The van der Waals surface area contributed by atoms with Gasteiger partial charge in [0, 0.05) is 13.0 Å². The maximum atomic E-state index is 9.59. The monoisotopic (exact) mass is 248 g/mol. The number of aliphatic hydroxyl groups excluding tert-OH is 1. The van der Waals surface area contributed by atoms with Gasteiger partial charge in [-0.25, -0.2) is 9.67 Å². The summed E-state index contributed by atoms with van der Waals surface area (Å²) in [5, 5.41) is 13.7. The van der Waals surface area contributed by atoms with E-state index in [0.29, 0.717) is 18.0 Å². The molecule has 6 nitrogen and oxygen atoms in total. The SMILES string of the molecule is COc1ccccc1-n1ncnc1C[C@@H](O)CN. The summed E-state index contributed by atoms with van der Waals surface area (Å²) in [6.07, 6.45) is 1.18. The second-order valence-corrected chi connectivity index (χ2v) is 3.85. The van der Waals surface area contributed by atoms with E-state index in [-0.39, 0.29) is 6.54 Å². The molecular formula is C12H16N4O2. The third-order valence-corrected chi connectivity index (χ3v) is 2.62. The standard InChI is InChI=1S/C12H16N4O2/c1-18-11-5-3-2-4-10(11)16-12(14-8-15-16)6-9(17)7-13/h2-5,8-9,17H,6-7,13H2,1H3/t9-/m1/s1. The van der Waals surface area contributed by atoms with Crippen molar-refractivity contribution in [3.8, 4) is 11.4 Å². The van der Waals surface area contributed by atoms with Crippen LogP contribution in [0.2, 0.25) is 0 Å². The number of aliphatic hydroxyl groups is 1. The lowest BCUT2D eigenvalue weighted by Crippen LogP contribution is -2.24. The van der Waals surface area contributed by atoms with E-state index < -0.39 is 6.10 Å². The summed E-state index contributed by atoms with van der Waals surface area (Å²) in [7, 11) is 1.60. The van der Waals surface area contributed by atoms with Crippen LogP contribution in [0.25, 0.3) is 5.69 Å². The molecule has 0 saturated heterocycles. The molecule has 0 unspecified atom stereocenters. The summed E-state index contributed by atoms with van der Waals surface area (Å²) in [4.78, 5) is 4.14. The molecule has 2 aromatic rings. The largest absolute Gasteiger partial charge is 0.494 e. The van der Waals surface area contributed by atoms with E-state index in [2.05, 4.69) is 10.1 Å². The van der Waals surface area contributed by atoms with Crippen molar-refractivity contribution in [3.05, 3.63) is 36.4 Å². The number of benzene rings is 1. The predicted octanol–water partition coefficient (Wildman–Crippen LogP) is 0.138. The zero-order valence-electron chi connectivity index (χ0n) is 10.2. The van der Waals surface area contributed by atoms with E-state index >= 15 is 0 Å². The molecule has 0 amide bonds. The summed E-state index contributed by atoms with van der Waals surface area (Å²) in [5.74, 6) is 1.35. The molecule has 0 fully saturated rings. The molecule has 0 spiro atoms. The van der Waals surface area contributed by atoms with Gasteiger partial charge in [0.05, 0.1) is 13.2 Å². The van der Waals surface area contributed by atoms with Crippen molar-refractivity contribution in [2.75, 3.05) is 13.7 Å². The quantitative estimate of drug-likeness (QED) is 0.786. The highest BCUT2D eigenvalue weighted by Gasteiger charge is 2.13. The number of nitrogens with two attached hydrogens (primary N) is 1. The lowest BCUT2D eigenvalue weighted by Gasteiger charge is -2.11. The molecule has 0 aliphatic heterocycles. The minimum atomic E-state index is -0.623. The molecule has 1 aromatic carbocycles. The molecule has 0 saturated carbocycles. The van der Waals surface area contributed by atoms with Crippen molar-refractivity contribution in [1.82, 2.24) is 14.8 Å². The number of rotatable bonds is 5. The van der Waals surface area contributed by atoms with E-state index in [4.69, 9.17) is 10.5 Å². The smallest absolute Gasteiger partial charge is 0.144 e. The minimum absolute atomic E-state index is 0.193. The average molecular weight is 248 g/mol. The zero-order valence-corrected chi connectivity index (χ0v) is 10.2. The van der Waals surface area contributed by atoms with Crippen molar-refractivity contribution in [2.24, 2.45) is 5.73 Å². The van der Waals surface area contributed by atoms with E-state index in [1.54, 1.807) is 11.8 Å². The van der Waals surface area contributed by atoms with Crippen LogP contribution in [0.4, 0.5) is 0 Å². The van der Waals surface area contributed by atoms with Crippen LogP contribution in [0.15, 0.2) is 30.6 Å². The molecular weight excluding hydrogens is 232 g/mol. The molecule has 0 radical (unpaired) electrons. The number of nitrogens with zero attached hydrogens (tertiary/aromatic N) is 3. The lowest BCUT2D eigenvalue weighted by atomic mass is 10.2. The summed E-state index contributed by atoms with van der Waals surface area (Å²) >= 11 is 0. The Kier molecular flexibility index (Phi) is 3.91. The van der Waals surface area contributed by atoms with Gasteiger partial charge in [0.15, 0.2) is 0 Å². The van der Waals surface area contributed by atoms with Crippen LogP contribution in [0.3, 0.4) is 0 Å². The van der Waals surface area contributed by atoms with Gasteiger partial charge < -0.3 is 15.6 Å². The number of hydrogen-bond acceptors (Lipinski definition) is 5. The first kappa shape index (κ1) is 12.5. The van der Waals surface area contributed by atoms with Gasteiger partial charge in [-0.1, -0.05) is 12.1 Å². The summed E-state index contributed by atoms with van der Waals surface area (Å²) in [6.45, 7) is 0.193. The second kappa shape index (κ2) is 5.61. The lowest BCUT2D eigenvalue weighted by molar-refractivity contribution is 0.180. The Hall–Kier alpha value is -1.92. The Morgan fingerprint density at radius 2 is 2.22 bits per heavy atom. The van der Waals surface area contributed by atoms with Crippen molar-refractivity contribution in [2.45, 2.75) is 12.5 Å². The normalized spacial score (nSPS) is 12.4. The van der Waals surface area contributed by atoms with Crippen molar-refractivity contribution in [3.63, 3.8) is 0 Å². The van der Waals surface area contributed by atoms with Gasteiger partial charge in [-0.2, -0.15) is 5.10 Å².